The summed E-state index contributed by atoms with van der Waals surface area (Å²) in [4.78, 5) is 0.451. The fourth-order valence-electron chi connectivity index (χ4n) is 2.76. The van der Waals surface area contributed by atoms with Crippen LogP contribution in [0.4, 0.5) is 5.69 Å². The van der Waals surface area contributed by atoms with Gasteiger partial charge in [0.05, 0.1) is 0 Å². The van der Waals surface area contributed by atoms with Crippen molar-refractivity contribution in [1.29, 1.82) is 0 Å². The van der Waals surface area contributed by atoms with Gasteiger partial charge in [0.15, 0.2) is 23.1 Å². The molecule has 1 aromatic heterocycles. The molecule has 0 bridgehead atoms. The minimum atomic E-state index is 0.137. The first-order valence-corrected chi connectivity index (χ1v) is 9.36. The van der Waals surface area contributed by atoms with Crippen LogP contribution >= 0.6 is 12.2 Å². The van der Waals surface area contributed by atoms with Crippen molar-refractivity contribution in [3.63, 3.8) is 0 Å². The van der Waals surface area contributed by atoms with E-state index in [0.29, 0.717) is 10.7 Å². The monoisotopic (exact) mass is 375 g/mol. The number of rotatable bonds is 5. The predicted octanol–water partition coefficient (Wildman–Crippen LogP) is 5.17. The van der Waals surface area contributed by atoms with E-state index in [1.807, 2.05) is 90.6 Å². The van der Waals surface area contributed by atoms with Crippen molar-refractivity contribution in [3.8, 4) is 0 Å². The molecular formula is C23H23N2OS+. The number of nitrogens with zero attached hydrogens (tertiary/aromatic N) is 1. The Morgan fingerprint density at radius 3 is 2.19 bits per heavy atom. The van der Waals surface area contributed by atoms with E-state index in [-0.39, 0.29) is 5.76 Å². The van der Waals surface area contributed by atoms with Gasteiger partial charge in [-0.1, -0.05) is 67.2 Å². The maximum Gasteiger partial charge on any atom is 0.288 e. The smallest absolute Gasteiger partial charge is 0.288 e. The molecular weight excluding hydrogens is 352 g/mol. The SMILES string of the molecule is CCc1ccc(/C(O)=C(\C(=S)Nc2ccc(C)cc2)[n+]2ccccc2)cc1. The van der Waals surface area contributed by atoms with Crippen molar-refractivity contribution >= 4 is 34.3 Å². The summed E-state index contributed by atoms with van der Waals surface area (Å²) >= 11 is 5.65. The van der Waals surface area contributed by atoms with Gasteiger partial charge < -0.3 is 10.4 Å². The zero-order valence-electron chi connectivity index (χ0n) is 15.5. The molecule has 0 spiro atoms. The number of hydrogen-bond donors (Lipinski definition) is 2. The van der Waals surface area contributed by atoms with Crippen LogP contribution < -0.4 is 9.88 Å². The number of nitrogens with one attached hydrogen (secondary N) is 1. The van der Waals surface area contributed by atoms with Crippen LogP contribution in [0.15, 0.2) is 79.1 Å². The molecule has 0 saturated heterocycles. The van der Waals surface area contributed by atoms with Crippen LogP contribution in [0, 0.1) is 6.92 Å². The molecule has 3 rings (SSSR count). The Hall–Kier alpha value is -2.98. The van der Waals surface area contributed by atoms with E-state index in [4.69, 9.17) is 12.2 Å². The Bertz CT molecular complexity index is 946. The van der Waals surface area contributed by atoms with E-state index < -0.39 is 0 Å². The predicted molar refractivity (Wildman–Crippen MR) is 116 cm³/mol. The molecule has 0 saturated carbocycles. The standard InChI is InChI=1S/C23H22N2OS/c1-3-18-9-11-19(12-10-18)22(26)21(25-15-5-4-6-16-25)23(27)24-20-13-7-17(2)8-14-20/h4-16H,3H2,1-2H3,(H-,24,26,27)/p+1. The summed E-state index contributed by atoms with van der Waals surface area (Å²) in [5.74, 6) is 0.137. The molecule has 2 N–H and O–H groups in total. The molecule has 136 valence electrons. The third-order valence-electron chi connectivity index (χ3n) is 4.36. The third kappa shape index (κ3) is 4.60. The zero-order chi connectivity index (χ0) is 19.2. The molecule has 0 aliphatic carbocycles. The quantitative estimate of drug-likeness (QED) is 0.280. The average molecular weight is 376 g/mol. The Morgan fingerprint density at radius 1 is 0.963 bits per heavy atom. The third-order valence-corrected chi connectivity index (χ3v) is 4.65. The van der Waals surface area contributed by atoms with Crippen molar-refractivity contribution in [3.05, 3.63) is 95.8 Å². The molecule has 3 nitrogen and oxygen atoms in total. The average Bonchev–Trinajstić information content (AvgIpc) is 2.71. The summed E-state index contributed by atoms with van der Waals surface area (Å²) < 4.78 is 1.83. The number of benzene rings is 2. The van der Waals surface area contributed by atoms with E-state index in [2.05, 4.69) is 12.2 Å². The lowest BCUT2D eigenvalue weighted by Gasteiger charge is -2.10. The van der Waals surface area contributed by atoms with Gasteiger partial charge >= 0.3 is 0 Å². The Balaban J connectivity index is 2.02. The molecule has 1 heterocycles. The van der Waals surface area contributed by atoms with Gasteiger partial charge in [0.1, 0.15) is 0 Å². The lowest BCUT2D eigenvalue weighted by atomic mass is 10.1. The van der Waals surface area contributed by atoms with E-state index in [1.54, 1.807) is 0 Å². The highest BCUT2D eigenvalue weighted by molar-refractivity contribution is 7.81. The van der Waals surface area contributed by atoms with Gasteiger partial charge in [-0.2, -0.15) is 4.57 Å². The lowest BCUT2D eigenvalue weighted by Crippen LogP contribution is -2.38. The van der Waals surface area contributed by atoms with Crippen LogP contribution in [0.25, 0.3) is 11.5 Å². The molecule has 0 radical (unpaired) electrons. The number of aliphatic hydroxyl groups excluding tert-OH is 1. The molecule has 0 atom stereocenters. The highest BCUT2D eigenvalue weighted by Gasteiger charge is 2.23. The van der Waals surface area contributed by atoms with Crippen LogP contribution in [-0.2, 0) is 6.42 Å². The summed E-state index contributed by atoms with van der Waals surface area (Å²) in [6.07, 6.45) is 4.70. The second kappa shape index (κ2) is 8.60. The molecule has 2 aromatic carbocycles. The summed E-state index contributed by atoms with van der Waals surface area (Å²) in [5.41, 5.74) is 4.55. The molecule has 27 heavy (non-hydrogen) atoms. The normalized spacial score (nSPS) is 11.6. The minimum Gasteiger partial charge on any atom is -0.502 e. The summed E-state index contributed by atoms with van der Waals surface area (Å²) in [7, 11) is 0. The van der Waals surface area contributed by atoms with Crippen LogP contribution in [-0.4, -0.2) is 10.1 Å². The number of thiocarbonyl (C=S) groups is 1. The maximum atomic E-state index is 11.0. The van der Waals surface area contributed by atoms with E-state index in [9.17, 15) is 5.11 Å². The molecule has 0 amide bonds. The fraction of sp³-hybridized carbons (Fsp3) is 0.130. The van der Waals surface area contributed by atoms with E-state index in [1.165, 1.54) is 11.1 Å². The second-order valence-electron chi connectivity index (χ2n) is 6.35. The van der Waals surface area contributed by atoms with Crippen LogP contribution in [0.3, 0.4) is 0 Å². The number of hydrogen-bond acceptors (Lipinski definition) is 2. The first-order valence-electron chi connectivity index (χ1n) is 8.95. The van der Waals surface area contributed by atoms with Crippen LogP contribution in [0.5, 0.6) is 0 Å². The van der Waals surface area contributed by atoms with Gasteiger partial charge in [0.2, 0.25) is 0 Å². The van der Waals surface area contributed by atoms with Crippen molar-refractivity contribution < 1.29 is 9.67 Å². The van der Waals surface area contributed by atoms with Crippen molar-refractivity contribution in [2.75, 3.05) is 5.32 Å². The number of aryl methyl sites for hydroxylation is 2. The number of pyridine rings is 1. The fourth-order valence-corrected chi connectivity index (χ4v) is 3.08. The first kappa shape index (κ1) is 18.8. The maximum absolute atomic E-state index is 11.0. The number of aliphatic hydroxyl groups is 1. The lowest BCUT2D eigenvalue weighted by molar-refractivity contribution is -0.575. The topological polar surface area (TPSA) is 36.1 Å². The van der Waals surface area contributed by atoms with Gasteiger partial charge in [-0.05, 0) is 31.0 Å². The van der Waals surface area contributed by atoms with Gasteiger partial charge in [0.25, 0.3) is 5.70 Å². The van der Waals surface area contributed by atoms with Gasteiger partial charge in [-0.3, -0.25) is 0 Å². The minimum absolute atomic E-state index is 0.137. The van der Waals surface area contributed by atoms with Crippen molar-refractivity contribution in [1.82, 2.24) is 0 Å². The summed E-state index contributed by atoms with van der Waals surface area (Å²) in [6, 6.07) is 21.6. The van der Waals surface area contributed by atoms with Gasteiger partial charge in [-0.25, -0.2) is 0 Å². The second-order valence-corrected chi connectivity index (χ2v) is 6.76. The molecule has 0 unspecified atom stereocenters. The van der Waals surface area contributed by atoms with E-state index in [0.717, 1.165) is 17.7 Å². The molecule has 4 heteroatoms. The van der Waals surface area contributed by atoms with Crippen LogP contribution in [0.1, 0.15) is 23.6 Å². The van der Waals surface area contributed by atoms with Crippen molar-refractivity contribution in [2.24, 2.45) is 0 Å². The molecule has 3 aromatic rings. The molecule has 0 fully saturated rings. The summed E-state index contributed by atoms with van der Waals surface area (Å²) in [5, 5.41) is 14.3. The number of aromatic nitrogens is 1. The van der Waals surface area contributed by atoms with E-state index >= 15 is 0 Å². The molecule has 0 aliphatic heterocycles. The Kier molecular flexibility index (Phi) is 5.99. The highest BCUT2D eigenvalue weighted by atomic mass is 32.1. The zero-order valence-corrected chi connectivity index (χ0v) is 16.3. The number of anilines is 1. The highest BCUT2D eigenvalue weighted by Crippen LogP contribution is 2.20. The Labute approximate surface area is 165 Å². The van der Waals surface area contributed by atoms with Gasteiger partial charge in [0, 0.05) is 23.4 Å². The van der Waals surface area contributed by atoms with Crippen molar-refractivity contribution in [2.45, 2.75) is 20.3 Å². The van der Waals surface area contributed by atoms with Crippen LogP contribution in [0.2, 0.25) is 0 Å². The first-order chi connectivity index (χ1) is 13.1. The largest absolute Gasteiger partial charge is 0.502 e. The molecule has 0 aliphatic rings. The Morgan fingerprint density at radius 2 is 1.59 bits per heavy atom. The summed E-state index contributed by atoms with van der Waals surface area (Å²) in [6.45, 7) is 4.15. The van der Waals surface area contributed by atoms with Gasteiger partial charge in [-0.15, -0.1) is 0 Å².